The molecule has 17 heavy (non-hydrogen) atoms. The number of hydrogen-bond donors (Lipinski definition) is 1. The van der Waals surface area contributed by atoms with Crippen molar-refractivity contribution in [1.29, 1.82) is 0 Å². The molecule has 0 aromatic rings. The summed E-state index contributed by atoms with van der Waals surface area (Å²) in [4.78, 5) is 24.3. The number of hydrogen-bond acceptors (Lipinski definition) is 4. The lowest BCUT2D eigenvalue weighted by Crippen LogP contribution is -2.49. The molecule has 0 saturated carbocycles. The number of nitrogens with zero attached hydrogens (tertiary/aromatic N) is 1. The van der Waals surface area contributed by atoms with Crippen molar-refractivity contribution < 1.29 is 24.2 Å². The minimum Gasteiger partial charge on any atom is -0.481 e. The Kier molecular flexibility index (Phi) is 3.96. The van der Waals surface area contributed by atoms with Gasteiger partial charge in [-0.3, -0.25) is 9.59 Å². The van der Waals surface area contributed by atoms with E-state index >= 15 is 0 Å². The van der Waals surface area contributed by atoms with Crippen molar-refractivity contribution in [3.05, 3.63) is 0 Å². The maximum Gasteiger partial charge on any atom is 0.306 e. The molecule has 96 valence electrons. The number of ether oxygens (including phenoxy) is 2. The van der Waals surface area contributed by atoms with Crippen molar-refractivity contribution >= 4 is 11.9 Å². The topological polar surface area (TPSA) is 76.1 Å². The molecule has 2 fully saturated rings. The van der Waals surface area contributed by atoms with Crippen molar-refractivity contribution in [3.8, 4) is 0 Å². The molecule has 2 aliphatic rings. The van der Waals surface area contributed by atoms with E-state index in [0.29, 0.717) is 26.3 Å². The fourth-order valence-corrected chi connectivity index (χ4v) is 2.21. The Morgan fingerprint density at radius 1 is 1.29 bits per heavy atom. The molecule has 0 aliphatic carbocycles. The van der Waals surface area contributed by atoms with Crippen LogP contribution in [0.2, 0.25) is 0 Å². The molecule has 0 radical (unpaired) electrons. The molecule has 2 atom stereocenters. The van der Waals surface area contributed by atoms with Crippen molar-refractivity contribution in [2.75, 3.05) is 26.3 Å². The van der Waals surface area contributed by atoms with Crippen LogP contribution in [-0.2, 0) is 19.1 Å². The van der Waals surface area contributed by atoms with E-state index in [9.17, 15) is 9.59 Å². The van der Waals surface area contributed by atoms with Crippen LogP contribution >= 0.6 is 0 Å². The lowest BCUT2D eigenvalue weighted by atomic mass is 10.1. The van der Waals surface area contributed by atoms with Crippen LogP contribution in [0.4, 0.5) is 0 Å². The zero-order valence-corrected chi connectivity index (χ0v) is 9.63. The first kappa shape index (κ1) is 12.3. The first-order chi connectivity index (χ1) is 8.16. The second-order valence-electron chi connectivity index (χ2n) is 4.38. The predicted molar refractivity (Wildman–Crippen MR) is 57.5 cm³/mol. The second kappa shape index (κ2) is 5.46. The lowest BCUT2D eigenvalue weighted by Gasteiger charge is -2.33. The summed E-state index contributed by atoms with van der Waals surface area (Å²) in [5, 5.41) is 8.69. The van der Waals surface area contributed by atoms with Gasteiger partial charge in [0.05, 0.1) is 19.1 Å². The highest BCUT2D eigenvalue weighted by Gasteiger charge is 2.32. The molecule has 2 heterocycles. The predicted octanol–water partition coefficient (Wildman–Crippen LogP) is -0.133. The SMILES string of the molecule is O=C(O)C[C@H]1CN(C(=O)[C@@H]2CCCO2)CCO1. The number of carboxylic acids is 1. The third-order valence-corrected chi connectivity index (χ3v) is 3.06. The third kappa shape index (κ3) is 3.17. The summed E-state index contributed by atoms with van der Waals surface area (Å²) in [5.41, 5.74) is 0. The van der Waals surface area contributed by atoms with Crippen molar-refractivity contribution in [2.24, 2.45) is 0 Å². The van der Waals surface area contributed by atoms with E-state index in [4.69, 9.17) is 14.6 Å². The van der Waals surface area contributed by atoms with Crippen LogP contribution in [0.25, 0.3) is 0 Å². The number of rotatable bonds is 3. The molecule has 0 bridgehead atoms. The molecular formula is C11H17NO5. The fourth-order valence-electron chi connectivity index (χ4n) is 2.21. The Labute approximate surface area is 99.5 Å². The van der Waals surface area contributed by atoms with Crippen LogP contribution in [0.1, 0.15) is 19.3 Å². The van der Waals surface area contributed by atoms with E-state index in [1.54, 1.807) is 4.90 Å². The normalized spacial score (nSPS) is 29.3. The van der Waals surface area contributed by atoms with Crippen LogP contribution < -0.4 is 0 Å². The van der Waals surface area contributed by atoms with Gasteiger partial charge in [0.25, 0.3) is 5.91 Å². The van der Waals surface area contributed by atoms with Gasteiger partial charge in [-0.25, -0.2) is 0 Å². The van der Waals surface area contributed by atoms with E-state index in [1.165, 1.54) is 0 Å². The molecule has 2 rings (SSSR count). The maximum absolute atomic E-state index is 12.0. The third-order valence-electron chi connectivity index (χ3n) is 3.06. The average molecular weight is 243 g/mol. The molecule has 0 spiro atoms. The highest BCUT2D eigenvalue weighted by atomic mass is 16.5. The van der Waals surface area contributed by atoms with Crippen LogP contribution in [0.3, 0.4) is 0 Å². The van der Waals surface area contributed by atoms with Crippen LogP contribution in [0.5, 0.6) is 0 Å². The van der Waals surface area contributed by atoms with Gasteiger partial charge in [0.15, 0.2) is 0 Å². The molecule has 0 unspecified atom stereocenters. The van der Waals surface area contributed by atoms with Crippen LogP contribution in [0, 0.1) is 0 Å². The molecular weight excluding hydrogens is 226 g/mol. The number of carbonyl (C=O) groups excluding carboxylic acids is 1. The van der Waals surface area contributed by atoms with Gasteiger partial charge in [0.2, 0.25) is 0 Å². The number of carboxylic acid groups (broad SMARTS) is 1. The standard InChI is InChI=1S/C11H17NO5/c13-10(14)6-8-7-12(3-5-16-8)11(15)9-2-1-4-17-9/h8-9H,1-7H2,(H,13,14)/t8-,9-/m0/s1. The highest BCUT2D eigenvalue weighted by molar-refractivity contribution is 5.81. The van der Waals surface area contributed by atoms with E-state index in [2.05, 4.69) is 0 Å². The zero-order chi connectivity index (χ0) is 12.3. The molecule has 6 heteroatoms. The van der Waals surface area contributed by atoms with Gasteiger partial charge in [-0.15, -0.1) is 0 Å². The second-order valence-corrected chi connectivity index (χ2v) is 4.38. The summed E-state index contributed by atoms with van der Waals surface area (Å²) >= 11 is 0. The molecule has 1 amide bonds. The smallest absolute Gasteiger partial charge is 0.306 e. The van der Waals surface area contributed by atoms with Gasteiger partial charge in [-0.05, 0) is 12.8 Å². The molecule has 0 aromatic carbocycles. The minimum atomic E-state index is -0.901. The fraction of sp³-hybridized carbons (Fsp3) is 0.818. The monoisotopic (exact) mass is 243 g/mol. The van der Waals surface area contributed by atoms with Gasteiger partial charge < -0.3 is 19.5 Å². The summed E-state index contributed by atoms with van der Waals surface area (Å²) in [6.07, 6.45) is 0.888. The molecule has 0 aromatic heterocycles. The average Bonchev–Trinajstić information content (AvgIpc) is 2.81. The maximum atomic E-state index is 12.0. The Morgan fingerprint density at radius 3 is 2.76 bits per heavy atom. The minimum absolute atomic E-state index is 0.0267. The number of morpholine rings is 1. The van der Waals surface area contributed by atoms with Gasteiger partial charge >= 0.3 is 5.97 Å². The van der Waals surface area contributed by atoms with E-state index in [-0.39, 0.29) is 18.4 Å². The summed E-state index contributed by atoms with van der Waals surface area (Å²) < 4.78 is 10.7. The lowest BCUT2D eigenvalue weighted by molar-refractivity contribution is -0.153. The van der Waals surface area contributed by atoms with E-state index in [0.717, 1.165) is 12.8 Å². The Bertz CT molecular complexity index is 300. The molecule has 6 nitrogen and oxygen atoms in total. The van der Waals surface area contributed by atoms with Crippen molar-refractivity contribution in [3.63, 3.8) is 0 Å². The molecule has 2 saturated heterocycles. The number of carbonyl (C=O) groups is 2. The largest absolute Gasteiger partial charge is 0.481 e. The van der Waals surface area contributed by atoms with Crippen molar-refractivity contribution in [1.82, 2.24) is 4.90 Å². The van der Waals surface area contributed by atoms with Gasteiger partial charge in [-0.1, -0.05) is 0 Å². The number of aliphatic carboxylic acids is 1. The molecule has 1 N–H and O–H groups in total. The Hall–Kier alpha value is -1.14. The van der Waals surface area contributed by atoms with Gasteiger partial charge in [-0.2, -0.15) is 0 Å². The summed E-state index contributed by atoms with van der Waals surface area (Å²) in [6, 6.07) is 0. The molecule has 2 aliphatic heterocycles. The Morgan fingerprint density at radius 2 is 2.12 bits per heavy atom. The van der Waals surface area contributed by atoms with Gasteiger partial charge in [0.1, 0.15) is 6.10 Å². The Balaban J connectivity index is 1.87. The van der Waals surface area contributed by atoms with E-state index < -0.39 is 12.1 Å². The number of amides is 1. The summed E-state index contributed by atoms with van der Waals surface area (Å²) in [7, 11) is 0. The van der Waals surface area contributed by atoms with Gasteiger partial charge in [0, 0.05) is 19.7 Å². The first-order valence-corrected chi connectivity index (χ1v) is 5.90. The summed E-state index contributed by atoms with van der Waals surface area (Å²) in [5.74, 6) is -0.928. The van der Waals surface area contributed by atoms with E-state index in [1.807, 2.05) is 0 Å². The highest BCUT2D eigenvalue weighted by Crippen LogP contribution is 2.17. The zero-order valence-electron chi connectivity index (χ0n) is 9.63. The van der Waals surface area contributed by atoms with Crippen LogP contribution in [0.15, 0.2) is 0 Å². The van der Waals surface area contributed by atoms with Crippen LogP contribution in [-0.4, -0.2) is 60.4 Å². The summed E-state index contributed by atoms with van der Waals surface area (Å²) in [6.45, 7) is 1.91. The first-order valence-electron chi connectivity index (χ1n) is 5.90. The van der Waals surface area contributed by atoms with Crippen molar-refractivity contribution in [2.45, 2.75) is 31.5 Å². The quantitative estimate of drug-likeness (QED) is 0.747.